The summed E-state index contributed by atoms with van der Waals surface area (Å²) in [6.07, 6.45) is 0.253. The first-order chi connectivity index (χ1) is 8.78. The highest BCUT2D eigenvalue weighted by atomic mass is 16.5. The van der Waals surface area contributed by atoms with E-state index in [2.05, 4.69) is 0 Å². The maximum absolute atomic E-state index is 11.7. The van der Waals surface area contributed by atoms with Gasteiger partial charge < -0.3 is 10.5 Å². The van der Waals surface area contributed by atoms with Crippen LogP contribution in [-0.4, -0.2) is 5.97 Å². The number of esters is 1. The number of ether oxygens (including phenoxy) is 1. The molecule has 0 unspecified atom stereocenters. The molecule has 0 atom stereocenters. The molecule has 2 aromatic rings. The zero-order chi connectivity index (χ0) is 12.8. The molecular formula is C15H15NO2. The van der Waals surface area contributed by atoms with Gasteiger partial charge in [0.1, 0.15) is 5.75 Å². The highest BCUT2D eigenvalue weighted by Crippen LogP contribution is 2.11. The summed E-state index contributed by atoms with van der Waals surface area (Å²) in [4.78, 5) is 11.7. The summed E-state index contributed by atoms with van der Waals surface area (Å²) in [5, 5.41) is 0. The van der Waals surface area contributed by atoms with Crippen LogP contribution in [0.3, 0.4) is 0 Å². The molecule has 92 valence electrons. The van der Waals surface area contributed by atoms with Crippen molar-refractivity contribution >= 4 is 5.97 Å². The third-order valence-corrected chi connectivity index (χ3v) is 2.55. The molecule has 2 N–H and O–H groups in total. The summed E-state index contributed by atoms with van der Waals surface area (Å²) >= 11 is 0. The molecule has 0 bridgehead atoms. The van der Waals surface area contributed by atoms with Crippen LogP contribution in [-0.2, 0) is 17.8 Å². The maximum atomic E-state index is 11.7. The van der Waals surface area contributed by atoms with Crippen LogP contribution in [0.1, 0.15) is 11.1 Å². The third kappa shape index (κ3) is 3.43. The molecule has 3 nitrogen and oxygen atoms in total. The summed E-state index contributed by atoms with van der Waals surface area (Å²) in [6, 6.07) is 16.7. The van der Waals surface area contributed by atoms with E-state index in [1.807, 2.05) is 42.5 Å². The van der Waals surface area contributed by atoms with E-state index in [4.69, 9.17) is 10.5 Å². The largest absolute Gasteiger partial charge is 0.426 e. The van der Waals surface area contributed by atoms with Crippen LogP contribution in [0.5, 0.6) is 5.75 Å². The molecule has 18 heavy (non-hydrogen) atoms. The first-order valence-corrected chi connectivity index (χ1v) is 5.81. The molecule has 0 aliphatic rings. The highest BCUT2D eigenvalue weighted by Gasteiger charge is 2.06. The third-order valence-electron chi connectivity index (χ3n) is 2.55. The van der Waals surface area contributed by atoms with E-state index in [0.29, 0.717) is 12.3 Å². The molecule has 0 radical (unpaired) electrons. The zero-order valence-electron chi connectivity index (χ0n) is 10.0. The van der Waals surface area contributed by atoms with Gasteiger partial charge in [-0.3, -0.25) is 4.79 Å². The first-order valence-electron chi connectivity index (χ1n) is 5.81. The van der Waals surface area contributed by atoms with Crippen molar-refractivity contribution in [2.45, 2.75) is 13.0 Å². The second-order valence-corrected chi connectivity index (χ2v) is 3.99. The Morgan fingerprint density at radius 2 is 1.72 bits per heavy atom. The van der Waals surface area contributed by atoms with E-state index < -0.39 is 0 Å². The zero-order valence-corrected chi connectivity index (χ0v) is 10.0. The van der Waals surface area contributed by atoms with Gasteiger partial charge in [-0.05, 0) is 23.3 Å². The van der Waals surface area contributed by atoms with Crippen molar-refractivity contribution in [3.05, 3.63) is 65.7 Å². The Kier molecular flexibility index (Phi) is 4.10. The number of carbonyl (C=O) groups is 1. The quantitative estimate of drug-likeness (QED) is 0.660. The van der Waals surface area contributed by atoms with E-state index >= 15 is 0 Å². The minimum absolute atomic E-state index is 0.253. The highest BCUT2D eigenvalue weighted by molar-refractivity contribution is 5.75. The maximum Gasteiger partial charge on any atom is 0.315 e. The Labute approximate surface area is 106 Å². The summed E-state index contributed by atoms with van der Waals surface area (Å²) in [6.45, 7) is 0.474. The van der Waals surface area contributed by atoms with Crippen molar-refractivity contribution in [2.75, 3.05) is 0 Å². The summed E-state index contributed by atoms with van der Waals surface area (Å²) < 4.78 is 5.22. The molecule has 2 aromatic carbocycles. The average molecular weight is 241 g/mol. The molecular weight excluding hydrogens is 226 g/mol. The Morgan fingerprint density at radius 3 is 2.44 bits per heavy atom. The van der Waals surface area contributed by atoms with Gasteiger partial charge >= 0.3 is 5.97 Å². The van der Waals surface area contributed by atoms with E-state index in [-0.39, 0.29) is 12.4 Å². The van der Waals surface area contributed by atoms with Gasteiger partial charge in [-0.15, -0.1) is 0 Å². The van der Waals surface area contributed by atoms with Crippen molar-refractivity contribution in [3.63, 3.8) is 0 Å². The van der Waals surface area contributed by atoms with Gasteiger partial charge in [0.2, 0.25) is 0 Å². The SMILES string of the molecule is NCc1cccc(CC(=O)Oc2ccccc2)c1. The van der Waals surface area contributed by atoms with Crippen LogP contribution in [0.4, 0.5) is 0 Å². The van der Waals surface area contributed by atoms with E-state index in [9.17, 15) is 4.79 Å². The van der Waals surface area contributed by atoms with Crippen LogP contribution in [0.2, 0.25) is 0 Å². The first kappa shape index (κ1) is 12.3. The van der Waals surface area contributed by atoms with Crippen LogP contribution in [0.15, 0.2) is 54.6 Å². The lowest BCUT2D eigenvalue weighted by Crippen LogP contribution is -2.11. The topological polar surface area (TPSA) is 52.3 Å². The smallest absolute Gasteiger partial charge is 0.315 e. The minimum Gasteiger partial charge on any atom is -0.426 e. The fourth-order valence-corrected chi connectivity index (χ4v) is 1.69. The van der Waals surface area contributed by atoms with E-state index in [1.54, 1.807) is 12.1 Å². The number of hydrogen-bond acceptors (Lipinski definition) is 3. The van der Waals surface area contributed by atoms with Gasteiger partial charge in [-0.25, -0.2) is 0 Å². The fourth-order valence-electron chi connectivity index (χ4n) is 1.69. The van der Waals surface area contributed by atoms with Gasteiger partial charge in [0.15, 0.2) is 0 Å². The van der Waals surface area contributed by atoms with Crippen molar-refractivity contribution in [1.29, 1.82) is 0 Å². The number of carbonyl (C=O) groups excluding carboxylic acids is 1. The molecule has 0 aromatic heterocycles. The molecule has 0 aliphatic carbocycles. The van der Waals surface area contributed by atoms with Crippen molar-refractivity contribution in [2.24, 2.45) is 5.73 Å². The Hall–Kier alpha value is -2.13. The van der Waals surface area contributed by atoms with Crippen LogP contribution < -0.4 is 10.5 Å². The van der Waals surface area contributed by atoms with Gasteiger partial charge in [-0.2, -0.15) is 0 Å². The van der Waals surface area contributed by atoms with Crippen LogP contribution in [0, 0.1) is 0 Å². The van der Waals surface area contributed by atoms with E-state index in [0.717, 1.165) is 11.1 Å². The van der Waals surface area contributed by atoms with Gasteiger partial charge in [0.25, 0.3) is 0 Å². The molecule has 2 rings (SSSR count). The van der Waals surface area contributed by atoms with Crippen molar-refractivity contribution in [1.82, 2.24) is 0 Å². The molecule has 0 aliphatic heterocycles. The van der Waals surface area contributed by atoms with Crippen LogP contribution >= 0.6 is 0 Å². The predicted octanol–water partition coefficient (Wildman–Crippen LogP) is 2.29. The average Bonchev–Trinajstić information content (AvgIpc) is 2.40. The molecule has 0 amide bonds. The minimum atomic E-state index is -0.268. The second-order valence-electron chi connectivity index (χ2n) is 3.99. The molecule has 0 saturated carbocycles. The number of para-hydroxylation sites is 1. The molecule has 0 heterocycles. The lowest BCUT2D eigenvalue weighted by Gasteiger charge is -2.05. The predicted molar refractivity (Wildman–Crippen MR) is 70.1 cm³/mol. The van der Waals surface area contributed by atoms with Crippen LogP contribution in [0.25, 0.3) is 0 Å². The van der Waals surface area contributed by atoms with Crippen molar-refractivity contribution in [3.8, 4) is 5.75 Å². The molecule has 0 fully saturated rings. The van der Waals surface area contributed by atoms with Gasteiger partial charge in [0.05, 0.1) is 6.42 Å². The molecule has 3 heteroatoms. The normalized spacial score (nSPS) is 10.1. The molecule has 0 spiro atoms. The standard InChI is InChI=1S/C15H15NO2/c16-11-13-6-4-5-12(9-13)10-15(17)18-14-7-2-1-3-8-14/h1-9H,10-11,16H2. The molecule has 0 saturated heterocycles. The van der Waals surface area contributed by atoms with Gasteiger partial charge in [0, 0.05) is 6.54 Å². The summed E-state index contributed by atoms with van der Waals surface area (Å²) in [5.41, 5.74) is 7.49. The summed E-state index contributed by atoms with van der Waals surface area (Å²) in [5.74, 6) is 0.299. The Bertz CT molecular complexity index is 523. The second kappa shape index (κ2) is 5.98. The fraction of sp³-hybridized carbons (Fsp3) is 0.133. The number of benzene rings is 2. The number of rotatable bonds is 4. The lowest BCUT2D eigenvalue weighted by atomic mass is 10.1. The number of hydrogen-bond donors (Lipinski definition) is 1. The van der Waals surface area contributed by atoms with E-state index in [1.165, 1.54) is 0 Å². The Morgan fingerprint density at radius 1 is 1.00 bits per heavy atom. The summed E-state index contributed by atoms with van der Waals surface area (Å²) in [7, 11) is 0. The lowest BCUT2D eigenvalue weighted by molar-refractivity contribution is -0.133. The van der Waals surface area contributed by atoms with Crippen molar-refractivity contribution < 1.29 is 9.53 Å². The monoisotopic (exact) mass is 241 g/mol. The van der Waals surface area contributed by atoms with Gasteiger partial charge in [-0.1, -0.05) is 42.5 Å². The number of nitrogens with two attached hydrogens (primary N) is 1. The Balaban J connectivity index is 1.99.